The second kappa shape index (κ2) is 6.67. The van der Waals surface area contributed by atoms with E-state index in [0.717, 1.165) is 21.4 Å². The number of rotatable bonds is 3. The van der Waals surface area contributed by atoms with E-state index in [1.54, 1.807) is 12.1 Å². The van der Waals surface area contributed by atoms with E-state index in [1.165, 1.54) is 18.1 Å². The van der Waals surface area contributed by atoms with Crippen molar-refractivity contribution >= 4 is 22.4 Å². The molecule has 0 spiro atoms. The van der Waals surface area contributed by atoms with Gasteiger partial charge in [-0.25, -0.2) is 0 Å². The van der Waals surface area contributed by atoms with E-state index in [0.29, 0.717) is 11.8 Å². The number of amides is 1. The molecule has 0 bridgehead atoms. The first kappa shape index (κ1) is 17.7. The lowest BCUT2D eigenvalue weighted by atomic mass is 10.1. The van der Waals surface area contributed by atoms with E-state index in [1.807, 2.05) is 30.3 Å². The lowest BCUT2D eigenvalue weighted by Gasteiger charge is -2.20. The van der Waals surface area contributed by atoms with E-state index in [9.17, 15) is 22.8 Å². The summed E-state index contributed by atoms with van der Waals surface area (Å²) in [5.41, 5.74) is -1.91. The predicted octanol–water partition coefficient (Wildman–Crippen LogP) is 3.68. The number of pyridine rings is 1. The first-order valence-electron chi connectivity index (χ1n) is 7.80. The number of halogens is 3. The number of fused-ring (bicyclic) bond motifs is 1. The second-order valence-electron chi connectivity index (χ2n) is 5.80. The van der Waals surface area contributed by atoms with Crippen LogP contribution in [0.5, 0.6) is 0 Å². The molecule has 0 saturated heterocycles. The third-order valence-electron chi connectivity index (χ3n) is 4.13. The molecular formula is C19H15F3N2O2. The maximum atomic E-state index is 12.9. The minimum absolute atomic E-state index is 0.484. The summed E-state index contributed by atoms with van der Waals surface area (Å²) in [5, 5.41) is 1.77. The fourth-order valence-corrected chi connectivity index (χ4v) is 2.76. The zero-order valence-electron chi connectivity index (χ0n) is 13.8. The van der Waals surface area contributed by atoms with Crippen LogP contribution in [0, 0.1) is 0 Å². The number of carbonyl (C=O) groups is 1. The quantitative estimate of drug-likeness (QED) is 0.715. The van der Waals surface area contributed by atoms with Crippen molar-refractivity contribution in [1.29, 1.82) is 0 Å². The van der Waals surface area contributed by atoms with Crippen molar-refractivity contribution in [3.8, 4) is 0 Å². The Morgan fingerprint density at radius 2 is 1.73 bits per heavy atom. The molecular weight excluding hydrogens is 345 g/mol. The highest BCUT2D eigenvalue weighted by Crippen LogP contribution is 2.27. The summed E-state index contributed by atoms with van der Waals surface area (Å²) in [6, 6.07) is 14.7. The third kappa shape index (κ3) is 3.33. The van der Waals surface area contributed by atoms with Gasteiger partial charge in [-0.1, -0.05) is 36.4 Å². The molecule has 26 heavy (non-hydrogen) atoms. The zero-order chi connectivity index (χ0) is 18.9. The van der Waals surface area contributed by atoms with Crippen LogP contribution in [0.4, 0.5) is 18.9 Å². The Morgan fingerprint density at radius 3 is 2.46 bits per heavy atom. The number of hydrogen-bond donors (Lipinski definition) is 0. The third-order valence-corrected chi connectivity index (χ3v) is 4.13. The fourth-order valence-electron chi connectivity index (χ4n) is 2.76. The van der Waals surface area contributed by atoms with Crippen LogP contribution < -0.4 is 10.5 Å². The lowest BCUT2D eigenvalue weighted by molar-refractivity contribution is -0.139. The Balaban J connectivity index is 1.92. The molecule has 0 atom stereocenters. The number of likely N-dealkylation sites (N-methyl/N-ethyl adjacent to an activating group) is 1. The van der Waals surface area contributed by atoms with Crippen LogP contribution in [0.3, 0.4) is 0 Å². The fraction of sp³-hybridized carbons (Fsp3) is 0.158. The first-order chi connectivity index (χ1) is 12.3. The molecule has 7 heteroatoms. The molecule has 134 valence electrons. The van der Waals surface area contributed by atoms with E-state index < -0.39 is 29.8 Å². The monoisotopic (exact) mass is 360 g/mol. The van der Waals surface area contributed by atoms with Crippen LogP contribution in [-0.2, 0) is 17.5 Å². The van der Waals surface area contributed by atoms with Gasteiger partial charge in [-0.2, -0.15) is 13.2 Å². The molecule has 3 rings (SSSR count). The Labute approximate surface area is 147 Å². The van der Waals surface area contributed by atoms with Gasteiger partial charge in [-0.05, 0) is 23.6 Å². The Hall–Kier alpha value is -3.09. The minimum Gasteiger partial charge on any atom is -0.313 e. The second-order valence-corrected chi connectivity index (χ2v) is 5.80. The van der Waals surface area contributed by atoms with E-state index >= 15 is 0 Å². The van der Waals surface area contributed by atoms with E-state index in [4.69, 9.17) is 0 Å². The van der Waals surface area contributed by atoms with Crippen molar-refractivity contribution < 1.29 is 18.0 Å². The summed E-state index contributed by atoms with van der Waals surface area (Å²) in [5.74, 6) is -0.497. The number of carbonyl (C=O) groups excluding carboxylic acids is 1. The van der Waals surface area contributed by atoms with Crippen LogP contribution in [0.25, 0.3) is 10.8 Å². The number of alkyl halides is 3. The minimum atomic E-state index is -4.76. The molecule has 3 aromatic rings. The van der Waals surface area contributed by atoms with Gasteiger partial charge in [0.15, 0.2) is 0 Å². The van der Waals surface area contributed by atoms with Gasteiger partial charge in [0.1, 0.15) is 12.1 Å². The van der Waals surface area contributed by atoms with Crippen LogP contribution in [0.2, 0.25) is 0 Å². The van der Waals surface area contributed by atoms with Gasteiger partial charge < -0.3 is 9.47 Å². The van der Waals surface area contributed by atoms with E-state index in [2.05, 4.69) is 0 Å². The summed E-state index contributed by atoms with van der Waals surface area (Å²) in [6.45, 7) is -0.484. The van der Waals surface area contributed by atoms with Crippen molar-refractivity contribution in [2.24, 2.45) is 0 Å². The highest BCUT2D eigenvalue weighted by atomic mass is 19.4. The van der Waals surface area contributed by atoms with Crippen molar-refractivity contribution in [2.75, 3.05) is 11.9 Å². The molecule has 1 heterocycles. The molecule has 0 aliphatic carbocycles. The highest BCUT2D eigenvalue weighted by molar-refractivity contribution is 6.03. The summed E-state index contributed by atoms with van der Waals surface area (Å²) < 4.78 is 39.3. The number of aromatic nitrogens is 1. The van der Waals surface area contributed by atoms with Crippen LogP contribution >= 0.6 is 0 Å². The molecule has 0 fully saturated rings. The Kier molecular flexibility index (Phi) is 4.54. The maximum absolute atomic E-state index is 12.9. The summed E-state index contributed by atoms with van der Waals surface area (Å²) in [4.78, 5) is 25.9. The van der Waals surface area contributed by atoms with Gasteiger partial charge in [0, 0.05) is 18.6 Å². The molecule has 0 radical (unpaired) electrons. The van der Waals surface area contributed by atoms with Gasteiger partial charge in [-0.15, -0.1) is 0 Å². The molecule has 2 aromatic carbocycles. The smallest absolute Gasteiger partial charge is 0.313 e. The van der Waals surface area contributed by atoms with Crippen molar-refractivity contribution in [1.82, 2.24) is 4.57 Å². The molecule has 0 saturated carbocycles. The van der Waals surface area contributed by atoms with Crippen molar-refractivity contribution in [3.63, 3.8) is 0 Å². The van der Waals surface area contributed by atoms with Crippen molar-refractivity contribution in [3.05, 3.63) is 76.7 Å². The molecule has 0 unspecified atom stereocenters. The number of hydrogen-bond acceptors (Lipinski definition) is 2. The highest BCUT2D eigenvalue weighted by Gasteiger charge is 2.34. The van der Waals surface area contributed by atoms with Crippen LogP contribution in [0.1, 0.15) is 5.56 Å². The lowest BCUT2D eigenvalue weighted by Crippen LogP contribution is -2.36. The summed E-state index contributed by atoms with van der Waals surface area (Å²) in [6.07, 6.45) is -3.59. The molecule has 0 aliphatic rings. The maximum Gasteiger partial charge on any atom is 0.421 e. The average Bonchev–Trinajstić information content (AvgIpc) is 2.61. The molecule has 1 aromatic heterocycles. The van der Waals surface area contributed by atoms with Crippen LogP contribution in [-0.4, -0.2) is 17.5 Å². The molecule has 0 N–H and O–H groups in total. The van der Waals surface area contributed by atoms with Gasteiger partial charge in [0.2, 0.25) is 5.91 Å². The standard InChI is InChI=1S/C19H15F3N2O2/c1-23(16-10-4-7-13-6-2-3-8-14(13)16)17(25)12-24-11-5-9-15(18(24)26)19(20,21)22/h2-11H,12H2,1H3. The zero-order valence-corrected chi connectivity index (χ0v) is 13.8. The Bertz CT molecular complexity index is 1020. The average molecular weight is 360 g/mol. The number of benzene rings is 2. The first-order valence-corrected chi connectivity index (χ1v) is 7.80. The Morgan fingerprint density at radius 1 is 1.04 bits per heavy atom. The van der Waals surface area contributed by atoms with Crippen molar-refractivity contribution in [2.45, 2.75) is 12.7 Å². The molecule has 1 amide bonds. The molecule has 4 nitrogen and oxygen atoms in total. The normalized spacial score (nSPS) is 11.5. The van der Waals surface area contributed by atoms with Gasteiger partial charge in [0.05, 0.1) is 5.69 Å². The van der Waals surface area contributed by atoms with Crippen LogP contribution in [0.15, 0.2) is 65.6 Å². The van der Waals surface area contributed by atoms with E-state index in [-0.39, 0.29) is 0 Å². The van der Waals surface area contributed by atoms with Gasteiger partial charge >= 0.3 is 6.18 Å². The largest absolute Gasteiger partial charge is 0.421 e. The molecule has 0 aliphatic heterocycles. The predicted molar refractivity (Wildman–Crippen MR) is 93.1 cm³/mol. The number of anilines is 1. The summed E-state index contributed by atoms with van der Waals surface area (Å²) in [7, 11) is 1.53. The topological polar surface area (TPSA) is 42.3 Å². The summed E-state index contributed by atoms with van der Waals surface area (Å²) >= 11 is 0. The number of nitrogens with zero attached hydrogens (tertiary/aromatic N) is 2. The van der Waals surface area contributed by atoms with Gasteiger partial charge in [-0.3, -0.25) is 9.59 Å². The SMILES string of the molecule is CN(C(=O)Cn1cccc(C(F)(F)F)c1=O)c1cccc2ccccc12. The van der Waals surface area contributed by atoms with Gasteiger partial charge in [0.25, 0.3) is 5.56 Å².